The maximum Gasteiger partial charge on any atom is 0.263 e. The van der Waals surface area contributed by atoms with E-state index in [0.29, 0.717) is 22.4 Å². The molecule has 126 valence electrons. The first-order valence-electron chi connectivity index (χ1n) is 8.31. The van der Waals surface area contributed by atoms with Gasteiger partial charge in [-0.15, -0.1) is 11.3 Å². The fraction of sp³-hybridized carbons (Fsp3) is 0.333. The molecule has 3 aromatic heterocycles. The van der Waals surface area contributed by atoms with Crippen LogP contribution in [0.3, 0.4) is 0 Å². The van der Waals surface area contributed by atoms with Crippen LogP contribution in [0.25, 0.3) is 10.2 Å². The number of hydrogen-bond donors (Lipinski definition) is 0. The molecule has 4 rings (SSSR count). The number of nitrogens with zero attached hydrogens (tertiary/aromatic N) is 4. The molecule has 25 heavy (non-hydrogen) atoms. The third-order valence-corrected chi connectivity index (χ3v) is 6.51. The molecule has 0 aliphatic heterocycles. The van der Waals surface area contributed by atoms with Crippen molar-refractivity contribution >= 4 is 33.3 Å². The van der Waals surface area contributed by atoms with E-state index in [4.69, 9.17) is 10.2 Å². The second-order valence-corrected chi connectivity index (χ2v) is 7.98. The first kappa shape index (κ1) is 16.3. The molecular weight excluding hydrogens is 352 g/mol. The van der Waals surface area contributed by atoms with Gasteiger partial charge in [0.2, 0.25) is 0 Å². The maximum absolute atomic E-state index is 13.1. The van der Waals surface area contributed by atoms with Crippen LogP contribution in [0.4, 0.5) is 0 Å². The molecule has 5 nitrogen and oxygen atoms in total. The molecule has 0 atom stereocenters. The van der Waals surface area contributed by atoms with E-state index in [1.54, 1.807) is 28.0 Å². The molecule has 0 bridgehead atoms. The van der Waals surface area contributed by atoms with Crippen LogP contribution < -0.4 is 5.56 Å². The van der Waals surface area contributed by atoms with E-state index in [1.807, 2.05) is 19.1 Å². The SMILES string of the molecule is CCn1c(Sc2cccc(C#N)n2)nc2sc3c(c2c1=O)CCCC3. The van der Waals surface area contributed by atoms with Crippen LogP contribution >= 0.6 is 23.1 Å². The summed E-state index contributed by atoms with van der Waals surface area (Å²) in [7, 11) is 0. The van der Waals surface area contributed by atoms with Crippen molar-refractivity contribution in [2.24, 2.45) is 0 Å². The quantitative estimate of drug-likeness (QED) is 0.658. The fourth-order valence-electron chi connectivity index (χ4n) is 3.20. The predicted octanol–water partition coefficient (Wildman–Crippen LogP) is 3.77. The van der Waals surface area contributed by atoms with Crippen LogP contribution in [0, 0.1) is 11.3 Å². The number of rotatable bonds is 3. The highest BCUT2D eigenvalue weighted by Crippen LogP contribution is 2.35. The number of pyridine rings is 1. The van der Waals surface area contributed by atoms with Crippen molar-refractivity contribution < 1.29 is 0 Å². The summed E-state index contributed by atoms with van der Waals surface area (Å²) < 4.78 is 1.72. The second kappa shape index (κ2) is 6.62. The Morgan fingerprint density at radius 1 is 1.32 bits per heavy atom. The summed E-state index contributed by atoms with van der Waals surface area (Å²) in [4.78, 5) is 24.3. The van der Waals surface area contributed by atoms with Crippen molar-refractivity contribution in [2.75, 3.05) is 0 Å². The Labute approximate surface area is 153 Å². The number of nitriles is 1. The van der Waals surface area contributed by atoms with Crippen LogP contribution in [0.5, 0.6) is 0 Å². The van der Waals surface area contributed by atoms with E-state index in [-0.39, 0.29) is 5.56 Å². The molecule has 0 N–H and O–H groups in total. The average Bonchev–Trinajstić information content (AvgIpc) is 3.00. The summed E-state index contributed by atoms with van der Waals surface area (Å²) in [5, 5.41) is 11.1. The molecule has 3 heterocycles. The number of aromatic nitrogens is 3. The number of fused-ring (bicyclic) bond motifs is 3. The molecule has 0 radical (unpaired) electrons. The lowest BCUT2D eigenvalue weighted by Crippen LogP contribution is -2.22. The molecule has 0 unspecified atom stereocenters. The van der Waals surface area contributed by atoms with E-state index in [2.05, 4.69) is 4.98 Å². The lowest BCUT2D eigenvalue weighted by Gasteiger charge is -2.12. The van der Waals surface area contributed by atoms with Crippen molar-refractivity contribution in [1.29, 1.82) is 5.26 Å². The van der Waals surface area contributed by atoms with Crippen LogP contribution in [0.15, 0.2) is 33.2 Å². The van der Waals surface area contributed by atoms with Gasteiger partial charge in [-0.05, 0) is 62.1 Å². The molecular formula is C18H16N4OS2. The third kappa shape index (κ3) is 2.86. The Morgan fingerprint density at radius 3 is 2.96 bits per heavy atom. The molecule has 0 saturated heterocycles. The van der Waals surface area contributed by atoms with Crippen LogP contribution in [0.2, 0.25) is 0 Å². The van der Waals surface area contributed by atoms with Gasteiger partial charge in [-0.25, -0.2) is 9.97 Å². The van der Waals surface area contributed by atoms with Gasteiger partial charge >= 0.3 is 0 Å². The van der Waals surface area contributed by atoms with Crippen molar-refractivity contribution in [1.82, 2.24) is 14.5 Å². The van der Waals surface area contributed by atoms with E-state index in [0.717, 1.165) is 29.5 Å². The normalized spacial score (nSPS) is 13.6. The van der Waals surface area contributed by atoms with Crippen LogP contribution in [-0.4, -0.2) is 14.5 Å². The monoisotopic (exact) mass is 368 g/mol. The Morgan fingerprint density at radius 2 is 2.16 bits per heavy atom. The Balaban J connectivity index is 1.86. The zero-order valence-electron chi connectivity index (χ0n) is 13.8. The molecule has 7 heteroatoms. The maximum atomic E-state index is 13.1. The molecule has 0 saturated carbocycles. The Bertz CT molecular complexity index is 1060. The summed E-state index contributed by atoms with van der Waals surface area (Å²) in [6, 6.07) is 7.34. The zero-order valence-corrected chi connectivity index (χ0v) is 15.4. The van der Waals surface area contributed by atoms with Gasteiger partial charge in [-0.2, -0.15) is 5.26 Å². The van der Waals surface area contributed by atoms with Crippen molar-refractivity contribution in [2.45, 2.75) is 49.3 Å². The third-order valence-electron chi connectivity index (χ3n) is 4.39. The highest BCUT2D eigenvalue weighted by atomic mass is 32.2. The Hall–Kier alpha value is -2.17. The topological polar surface area (TPSA) is 71.6 Å². The predicted molar refractivity (Wildman–Crippen MR) is 99.3 cm³/mol. The summed E-state index contributed by atoms with van der Waals surface area (Å²) in [5.74, 6) is 0. The zero-order chi connectivity index (χ0) is 17.4. The standard InChI is InChI=1S/C18H16N4OS2/c1-2-22-17(23)15-12-7-3-4-8-13(12)24-16(15)21-18(22)25-14-9-5-6-11(10-19)20-14/h5-6,9H,2-4,7-8H2,1H3. The van der Waals surface area contributed by atoms with Crippen LogP contribution in [-0.2, 0) is 19.4 Å². The average molecular weight is 368 g/mol. The van der Waals surface area contributed by atoms with E-state index >= 15 is 0 Å². The Kier molecular flexibility index (Phi) is 4.32. The van der Waals surface area contributed by atoms with Crippen LogP contribution in [0.1, 0.15) is 35.9 Å². The first-order chi connectivity index (χ1) is 12.2. The first-order valence-corrected chi connectivity index (χ1v) is 9.94. The largest absolute Gasteiger partial charge is 0.287 e. The molecule has 0 spiro atoms. The van der Waals surface area contributed by atoms with Crippen molar-refractivity contribution in [3.8, 4) is 6.07 Å². The van der Waals surface area contributed by atoms with Gasteiger partial charge in [0.25, 0.3) is 5.56 Å². The lowest BCUT2D eigenvalue weighted by atomic mass is 9.97. The minimum Gasteiger partial charge on any atom is -0.287 e. The van der Waals surface area contributed by atoms with Gasteiger partial charge in [0, 0.05) is 11.4 Å². The summed E-state index contributed by atoms with van der Waals surface area (Å²) in [6.45, 7) is 2.52. The summed E-state index contributed by atoms with van der Waals surface area (Å²) in [6.07, 6.45) is 4.37. The number of aryl methyl sites for hydroxylation is 2. The van der Waals surface area contributed by atoms with Gasteiger partial charge in [-0.1, -0.05) is 6.07 Å². The fourth-order valence-corrected chi connectivity index (χ4v) is 5.45. The summed E-state index contributed by atoms with van der Waals surface area (Å²) in [5.41, 5.74) is 1.63. The molecule has 0 amide bonds. The molecule has 1 aliphatic carbocycles. The van der Waals surface area contributed by atoms with Gasteiger partial charge in [0.1, 0.15) is 21.6 Å². The van der Waals surface area contributed by atoms with Gasteiger partial charge in [0.15, 0.2) is 5.16 Å². The lowest BCUT2D eigenvalue weighted by molar-refractivity contribution is 0.633. The second-order valence-electron chi connectivity index (χ2n) is 5.91. The number of thiophene rings is 1. The smallest absolute Gasteiger partial charge is 0.263 e. The van der Waals surface area contributed by atoms with Crippen molar-refractivity contribution in [3.05, 3.63) is 44.7 Å². The van der Waals surface area contributed by atoms with Gasteiger partial charge in [0.05, 0.1) is 5.39 Å². The highest BCUT2D eigenvalue weighted by molar-refractivity contribution is 7.99. The van der Waals surface area contributed by atoms with E-state index in [9.17, 15) is 4.79 Å². The minimum atomic E-state index is 0.0471. The van der Waals surface area contributed by atoms with E-state index < -0.39 is 0 Å². The number of hydrogen-bond acceptors (Lipinski definition) is 6. The molecule has 0 fully saturated rings. The van der Waals surface area contributed by atoms with Crippen molar-refractivity contribution in [3.63, 3.8) is 0 Å². The van der Waals surface area contributed by atoms with E-state index in [1.165, 1.54) is 28.6 Å². The molecule has 3 aromatic rings. The minimum absolute atomic E-state index is 0.0471. The molecule has 0 aromatic carbocycles. The van der Waals surface area contributed by atoms with Gasteiger partial charge in [-0.3, -0.25) is 9.36 Å². The summed E-state index contributed by atoms with van der Waals surface area (Å²) >= 11 is 2.99. The molecule has 1 aliphatic rings. The highest BCUT2D eigenvalue weighted by Gasteiger charge is 2.22. The van der Waals surface area contributed by atoms with Gasteiger partial charge < -0.3 is 0 Å².